The van der Waals surface area contributed by atoms with Crippen LogP contribution in [0.15, 0.2) is 41.5 Å². The number of aromatic nitrogens is 2. The fraction of sp³-hybridized carbons (Fsp3) is 0.286. The second-order valence-electron chi connectivity index (χ2n) is 4.57. The molecule has 0 atom stereocenters. The molecular weight excluding hydrogens is 268 g/mol. The minimum atomic E-state index is 0.139. The first-order valence-corrected chi connectivity index (χ1v) is 6.69. The van der Waals surface area contributed by atoms with E-state index in [1.54, 1.807) is 0 Å². The van der Waals surface area contributed by atoms with Gasteiger partial charge in [0.2, 0.25) is 5.95 Å². The second kappa shape index (κ2) is 6.21. The van der Waals surface area contributed by atoms with Crippen LogP contribution < -0.4 is 4.90 Å². The van der Waals surface area contributed by atoms with Crippen molar-refractivity contribution in [2.45, 2.75) is 0 Å². The highest BCUT2D eigenvalue weighted by Crippen LogP contribution is 2.24. The van der Waals surface area contributed by atoms with Crippen LogP contribution in [0.4, 0.5) is 11.8 Å². The molecule has 7 nitrogen and oxygen atoms in total. The van der Waals surface area contributed by atoms with Crippen molar-refractivity contribution in [3.63, 3.8) is 0 Å². The Balaban J connectivity index is 2.03. The normalized spacial score (nSPS) is 14.6. The van der Waals surface area contributed by atoms with E-state index in [4.69, 9.17) is 10.3 Å². The van der Waals surface area contributed by atoms with E-state index < -0.39 is 0 Å². The van der Waals surface area contributed by atoms with Gasteiger partial charge in [-0.1, -0.05) is 30.3 Å². The Morgan fingerprint density at radius 3 is 2.62 bits per heavy atom. The summed E-state index contributed by atoms with van der Waals surface area (Å²) in [7, 11) is 0. The molecule has 1 saturated heterocycles. The molecule has 1 aliphatic heterocycles. The topological polar surface area (TPSA) is 87.0 Å². The fourth-order valence-electron chi connectivity index (χ4n) is 2.22. The van der Waals surface area contributed by atoms with Crippen molar-refractivity contribution in [2.75, 3.05) is 31.2 Å². The van der Waals surface area contributed by atoms with E-state index in [0.717, 1.165) is 30.2 Å². The number of benzene rings is 1. The first kappa shape index (κ1) is 13.4. The van der Waals surface area contributed by atoms with E-state index in [1.165, 1.54) is 0 Å². The molecule has 3 rings (SSSR count). The Labute approximate surface area is 121 Å². The summed E-state index contributed by atoms with van der Waals surface area (Å²) in [6.45, 7) is 2.87. The van der Waals surface area contributed by atoms with Crippen LogP contribution in [0.25, 0.3) is 21.7 Å². The van der Waals surface area contributed by atoms with Crippen molar-refractivity contribution in [1.82, 2.24) is 9.97 Å². The van der Waals surface area contributed by atoms with Crippen LogP contribution >= 0.6 is 0 Å². The average Bonchev–Trinajstić information content (AvgIpc) is 2.56. The molecule has 106 valence electrons. The third-order valence-electron chi connectivity index (χ3n) is 3.24. The summed E-state index contributed by atoms with van der Waals surface area (Å²) in [5.41, 5.74) is 10.3. The molecule has 0 N–H and O–H groups in total. The third kappa shape index (κ3) is 3.10. The zero-order valence-electron chi connectivity index (χ0n) is 11.4. The molecule has 0 saturated carbocycles. The van der Waals surface area contributed by atoms with E-state index in [9.17, 15) is 0 Å². The maximum atomic E-state index is 8.63. The molecule has 1 aromatic heterocycles. The summed E-state index contributed by atoms with van der Waals surface area (Å²) in [5, 5.41) is 3.55. The third-order valence-corrected chi connectivity index (χ3v) is 3.24. The summed E-state index contributed by atoms with van der Waals surface area (Å²) >= 11 is 0. The SMILES string of the molecule is [N-]=[N+]=Nc1nc(-c2ccccc2)cc(N2CCOCC2)n1. The molecule has 0 spiro atoms. The highest BCUT2D eigenvalue weighted by Gasteiger charge is 2.15. The van der Waals surface area contributed by atoms with Crippen molar-refractivity contribution in [1.29, 1.82) is 0 Å². The van der Waals surface area contributed by atoms with Crippen molar-refractivity contribution < 1.29 is 4.74 Å². The standard InChI is InChI=1S/C14H14N6O/c15-19-18-14-16-12(11-4-2-1-3-5-11)10-13(17-14)20-6-8-21-9-7-20/h1-5,10H,6-9H2. The van der Waals surface area contributed by atoms with Gasteiger partial charge < -0.3 is 9.64 Å². The largest absolute Gasteiger partial charge is 0.378 e. The van der Waals surface area contributed by atoms with Crippen LogP contribution in [0.5, 0.6) is 0 Å². The number of azide groups is 1. The number of hydrogen-bond donors (Lipinski definition) is 0. The van der Waals surface area contributed by atoms with Crippen LogP contribution in [-0.4, -0.2) is 36.3 Å². The van der Waals surface area contributed by atoms with Crippen molar-refractivity contribution in [3.05, 3.63) is 46.8 Å². The molecule has 0 bridgehead atoms. The van der Waals surface area contributed by atoms with Gasteiger partial charge in [0.1, 0.15) is 5.82 Å². The molecule has 0 unspecified atom stereocenters. The first-order valence-electron chi connectivity index (χ1n) is 6.69. The summed E-state index contributed by atoms with van der Waals surface area (Å²) in [6, 6.07) is 11.7. The molecule has 1 aliphatic rings. The minimum Gasteiger partial charge on any atom is -0.378 e. The Bertz CT molecular complexity index is 662. The number of hydrogen-bond acceptors (Lipinski definition) is 5. The van der Waals surface area contributed by atoms with Gasteiger partial charge >= 0.3 is 0 Å². The summed E-state index contributed by atoms with van der Waals surface area (Å²) in [5.74, 6) is 0.898. The fourth-order valence-corrected chi connectivity index (χ4v) is 2.22. The maximum Gasteiger partial charge on any atom is 0.219 e. The van der Waals surface area contributed by atoms with Gasteiger partial charge in [0.05, 0.1) is 18.9 Å². The number of nitrogens with zero attached hydrogens (tertiary/aromatic N) is 6. The van der Waals surface area contributed by atoms with E-state index in [-0.39, 0.29) is 5.95 Å². The highest BCUT2D eigenvalue weighted by molar-refractivity contribution is 5.64. The second-order valence-corrected chi connectivity index (χ2v) is 4.57. The van der Waals surface area contributed by atoms with Gasteiger partial charge in [0.15, 0.2) is 0 Å². The predicted molar refractivity (Wildman–Crippen MR) is 79.3 cm³/mol. The molecule has 7 heteroatoms. The van der Waals surface area contributed by atoms with E-state index in [0.29, 0.717) is 13.2 Å². The number of rotatable bonds is 3. The van der Waals surface area contributed by atoms with E-state index >= 15 is 0 Å². The van der Waals surface area contributed by atoms with Crippen LogP contribution in [0.3, 0.4) is 0 Å². The lowest BCUT2D eigenvalue weighted by Crippen LogP contribution is -2.36. The maximum absolute atomic E-state index is 8.63. The van der Waals surface area contributed by atoms with Gasteiger partial charge in [-0.2, -0.15) is 0 Å². The highest BCUT2D eigenvalue weighted by atomic mass is 16.5. The van der Waals surface area contributed by atoms with Gasteiger partial charge in [-0.3, -0.25) is 0 Å². The quantitative estimate of drug-likeness (QED) is 0.492. The molecule has 2 heterocycles. The first-order chi connectivity index (χ1) is 10.4. The molecule has 1 aromatic carbocycles. The molecule has 0 radical (unpaired) electrons. The van der Waals surface area contributed by atoms with Crippen molar-refractivity contribution in [3.8, 4) is 11.3 Å². The van der Waals surface area contributed by atoms with Crippen molar-refractivity contribution in [2.24, 2.45) is 5.11 Å². The molecule has 1 fully saturated rings. The number of anilines is 1. The number of morpholine rings is 1. The Morgan fingerprint density at radius 2 is 1.90 bits per heavy atom. The van der Waals surface area contributed by atoms with Crippen LogP contribution in [-0.2, 0) is 4.74 Å². The van der Waals surface area contributed by atoms with Crippen LogP contribution in [0.2, 0.25) is 0 Å². The van der Waals surface area contributed by atoms with Gasteiger partial charge in [0, 0.05) is 29.6 Å². The summed E-state index contributed by atoms with van der Waals surface area (Å²) in [6.07, 6.45) is 0. The Hall–Kier alpha value is -2.63. The minimum absolute atomic E-state index is 0.139. The zero-order valence-corrected chi connectivity index (χ0v) is 11.4. The van der Waals surface area contributed by atoms with Gasteiger partial charge in [-0.05, 0) is 10.6 Å². The molecule has 2 aromatic rings. The van der Waals surface area contributed by atoms with E-state index in [1.807, 2.05) is 36.4 Å². The van der Waals surface area contributed by atoms with Gasteiger partial charge in [-0.25, -0.2) is 9.97 Å². The lowest BCUT2D eigenvalue weighted by atomic mass is 10.1. The molecular formula is C14H14N6O. The Kier molecular flexibility index (Phi) is 3.95. The molecule has 0 amide bonds. The van der Waals surface area contributed by atoms with Crippen LogP contribution in [0.1, 0.15) is 0 Å². The van der Waals surface area contributed by atoms with Crippen LogP contribution in [0, 0.1) is 0 Å². The predicted octanol–water partition coefficient (Wildman–Crippen LogP) is 2.92. The zero-order chi connectivity index (χ0) is 14.5. The monoisotopic (exact) mass is 282 g/mol. The summed E-state index contributed by atoms with van der Waals surface area (Å²) in [4.78, 5) is 13.5. The van der Waals surface area contributed by atoms with E-state index in [2.05, 4.69) is 24.9 Å². The lowest BCUT2D eigenvalue weighted by Gasteiger charge is -2.28. The molecule has 21 heavy (non-hydrogen) atoms. The molecule has 0 aliphatic carbocycles. The van der Waals surface area contributed by atoms with Crippen molar-refractivity contribution >= 4 is 11.8 Å². The number of ether oxygens (including phenoxy) is 1. The summed E-state index contributed by atoms with van der Waals surface area (Å²) < 4.78 is 5.35. The Morgan fingerprint density at radius 1 is 1.14 bits per heavy atom. The smallest absolute Gasteiger partial charge is 0.219 e. The average molecular weight is 282 g/mol. The van der Waals surface area contributed by atoms with Gasteiger partial charge in [-0.15, -0.1) is 0 Å². The van der Waals surface area contributed by atoms with Gasteiger partial charge in [0.25, 0.3) is 0 Å². The lowest BCUT2D eigenvalue weighted by molar-refractivity contribution is 0.122.